The van der Waals surface area contributed by atoms with Crippen LogP contribution in [0.25, 0.3) is 0 Å². The highest BCUT2D eigenvalue weighted by molar-refractivity contribution is 5.78. The zero-order chi connectivity index (χ0) is 15.2. The highest BCUT2D eigenvalue weighted by atomic mass is 16.2. The standard InChI is InChI=1S/C18H27N3O/c22-18(13-17-5-3-8-19-14-17)21-11-4-6-16(7-12-21)15-20-9-1-2-10-20/h3,5,8,14,16H,1-2,4,6-7,9-13,15H2. The maximum Gasteiger partial charge on any atom is 0.227 e. The Hall–Kier alpha value is -1.42. The van der Waals surface area contributed by atoms with Gasteiger partial charge in [0.15, 0.2) is 0 Å². The monoisotopic (exact) mass is 301 g/mol. The zero-order valence-corrected chi connectivity index (χ0v) is 13.4. The number of nitrogens with zero attached hydrogens (tertiary/aromatic N) is 3. The minimum absolute atomic E-state index is 0.259. The lowest BCUT2D eigenvalue weighted by molar-refractivity contribution is -0.130. The van der Waals surface area contributed by atoms with Gasteiger partial charge >= 0.3 is 0 Å². The van der Waals surface area contributed by atoms with Gasteiger partial charge in [-0.1, -0.05) is 6.07 Å². The van der Waals surface area contributed by atoms with Crippen LogP contribution < -0.4 is 0 Å². The van der Waals surface area contributed by atoms with Crippen molar-refractivity contribution in [3.63, 3.8) is 0 Å². The molecule has 4 heteroatoms. The van der Waals surface area contributed by atoms with Gasteiger partial charge < -0.3 is 9.80 Å². The fraction of sp³-hybridized carbons (Fsp3) is 0.667. The van der Waals surface area contributed by atoms with Crippen molar-refractivity contribution in [2.75, 3.05) is 32.7 Å². The Bertz CT molecular complexity index is 470. The summed E-state index contributed by atoms with van der Waals surface area (Å²) < 4.78 is 0. The highest BCUT2D eigenvalue weighted by Crippen LogP contribution is 2.21. The number of hydrogen-bond acceptors (Lipinski definition) is 3. The highest BCUT2D eigenvalue weighted by Gasteiger charge is 2.23. The molecule has 1 unspecified atom stereocenters. The number of carbonyl (C=O) groups excluding carboxylic acids is 1. The number of pyridine rings is 1. The molecule has 2 aliphatic heterocycles. The molecule has 3 rings (SSSR count). The predicted octanol–water partition coefficient (Wildman–Crippen LogP) is 2.35. The van der Waals surface area contributed by atoms with Gasteiger partial charge in [0.25, 0.3) is 0 Å². The van der Waals surface area contributed by atoms with Gasteiger partial charge in [0.2, 0.25) is 5.91 Å². The van der Waals surface area contributed by atoms with Crippen molar-refractivity contribution in [3.05, 3.63) is 30.1 Å². The number of rotatable bonds is 4. The fourth-order valence-electron chi connectivity index (χ4n) is 3.72. The van der Waals surface area contributed by atoms with Crippen LogP contribution in [0.1, 0.15) is 37.7 Å². The molecule has 0 N–H and O–H groups in total. The first-order valence-corrected chi connectivity index (χ1v) is 8.70. The quantitative estimate of drug-likeness (QED) is 0.856. The van der Waals surface area contributed by atoms with Crippen LogP contribution in [-0.4, -0.2) is 53.4 Å². The number of amides is 1. The number of aromatic nitrogens is 1. The minimum Gasteiger partial charge on any atom is -0.342 e. The van der Waals surface area contributed by atoms with Crippen molar-refractivity contribution in [3.8, 4) is 0 Å². The SMILES string of the molecule is O=C(Cc1cccnc1)N1CCCC(CN2CCCC2)CC1. The molecule has 1 atom stereocenters. The van der Waals surface area contributed by atoms with Crippen molar-refractivity contribution >= 4 is 5.91 Å². The summed E-state index contributed by atoms with van der Waals surface area (Å²) in [5, 5.41) is 0. The zero-order valence-electron chi connectivity index (χ0n) is 13.4. The molecule has 2 saturated heterocycles. The van der Waals surface area contributed by atoms with Gasteiger partial charge in [-0.05, 0) is 62.7 Å². The lowest BCUT2D eigenvalue weighted by atomic mass is 10.0. The van der Waals surface area contributed by atoms with E-state index in [0.29, 0.717) is 6.42 Å². The molecule has 0 aliphatic carbocycles. The molecule has 22 heavy (non-hydrogen) atoms. The molecule has 120 valence electrons. The maximum absolute atomic E-state index is 12.5. The molecule has 1 amide bonds. The molecule has 0 aromatic carbocycles. The second-order valence-corrected chi connectivity index (χ2v) is 6.72. The molecule has 2 aliphatic rings. The van der Waals surface area contributed by atoms with Gasteiger partial charge in [0, 0.05) is 32.0 Å². The Morgan fingerprint density at radius 1 is 1.14 bits per heavy atom. The van der Waals surface area contributed by atoms with Crippen molar-refractivity contribution in [2.45, 2.75) is 38.5 Å². The Kier molecular flexibility index (Phi) is 5.43. The predicted molar refractivity (Wildman–Crippen MR) is 87.5 cm³/mol. The molecule has 0 saturated carbocycles. The third-order valence-corrected chi connectivity index (χ3v) is 4.99. The topological polar surface area (TPSA) is 36.4 Å². The summed E-state index contributed by atoms with van der Waals surface area (Å²) in [7, 11) is 0. The van der Waals surface area contributed by atoms with Gasteiger partial charge in [-0.15, -0.1) is 0 Å². The van der Waals surface area contributed by atoms with E-state index < -0.39 is 0 Å². The first kappa shape index (κ1) is 15.5. The summed E-state index contributed by atoms with van der Waals surface area (Å²) in [4.78, 5) is 21.2. The minimum atomic E-state index is 0.259. The molecule has 2 fully saturated rings. The van der Waals surface area contributed by atoms with Crippen LogP contribution in [0.3, 0.4) is 0 Å². The van der Waals surface area contributed by atoms with E-state index in [4.69, 9.17) is 0 Å². The van der Waals surface area contributed by atoms with Crippen molar-refractivity contribution in [2.24, 2.45) is 5.92 Å². The van der Waals surface area contributed by atoms with E-state index >= 15 is 0 Å². The van der Waals surface area contributed by atoms with E-state index in [1.807, 2.05) is 12.1 Å². The van der Waals surface area contributed by atoms with Gasteiger partial charge in [-0.3, -0.25) is 9.78 Å². The second-order valence-electron chi connectivity index (χ2n) is 6.72. The van der Waals surface area contributed by atoms with Gasteiger partial charge in [-0.2, -0.15) is 0 Å². The summed E-state index contributed by atoms with van der Waals surface area (Å²) >= 11 is 0. The molecular weight excluding hydrogens is 274 g/mol. The first-order valence-electron chi connectivity index (χ1n) is 8.70. The Labute approximate surface area is 133 Å². The summed E-state index contributed by atoms with van der Waals surface area (Å²) in [6.45, 7) is 5.65. The molecule has 0 spiro atoms. The fourth-order valence-corrected chi connectivity index (χ4v) is 3.72. The van der Waals surface area contributed by atoms with E-state index in [1.54, 1.807) is 12.4 Å². The van der Waals surface area contributed by atoms with E-state index in [9.17, 15) is 4.79 Å². The van der Waals surface area contributed by atoms with Crippen molar-refractivity contribution < 1.29 is 4.79 Å². The van der Waals surface area contributed by atoms with E-state index in [-0.39, 0.29) is 5.91 Å². The van der Waals surface area contributed by atoms with Crippen molar-refractivity contribution in [1.29, 1.82) is 0 Å². The van der Waals surface area contributed by atoms with E-state index in [0.717, 1.165) is 37.4 Å². The van der Waals surface area contributed by atoms with Crippen LogP contribution in [0.2, 0.25) is 0 Å². The van der Waals surface area contributed by atoms with E-state index in [2.05, 4.69) is 14.8 Å². The largest absolute Gasteiger partial charge is 0.342 e. The Morgan fingerprint density at radius 2 is 2.00 bits per heavy atom. The molecule has 1 aromatic heterocycles. The molecular formula is C18H27N3O. The molecule has 0 radical (unpaired) electrons. The van der Waals surface area contributed by atoms with Crippen LogP contribution in [0.4, 0.5) is 0 Å². The van der Waals surface area contributed by atoms with Gasteiger partial charge in [0.05, 0.1) is 6.42 Å². The second kappa shape index (κ2) is 7.73. The smallest absolute Gasteiger partial charge is 0.227 e. The van der Waals surface area contributed by atoms with Crippen LogP contribution in [-0.2, 0) is 11.2 Å². The Morgan fingerprint density at radius 3 is 2.77 bits per heavy atom. The Balaban J connectivity index is 1.48. The number of carbonyl (C=O) groups is 1. The van der Waals surface area contributed by atoms with Crippen LogP contribution in [0.15, 0.2) is 24.5 Å². The summed E-state index contributed by atoms with van der Waals surface area (Å²) in [5.74, 6) is 1.03. The molecule has 4 nitrogen and oxygen atoms in total. The van der Waals surface area contributed by atoms with Gasteiger partial charge in [0.1, 0.15) is 0 Å². The molecule has 1 aromatic rings. The lowest BCUT2D eigenvalue weighted by Gasteiger charge is -2.23. The van der Waals surface area contributed by atoms with Crippen LogP contribution >= 0.6 is 0 Å². The number of hydrogen-bond donors (Lipinski definition) is 0. The molecule has 0 bridgehead atoms. The average molecular weight is 301 g/mol. The van der Waals surface area contributed by atoms with Crippen molar-refractivity contribution in [1.82, 2.24) is 14.8 Å². The number of likely N-dealkylation sites (tertiary alicyclic amines) is 2. The summed E-state index contributed by atoms with van der Waals surface area (Å²) in [5.41, 5.74) is 1.02. The molecule has 3 heterocycles. The van der Waals surface area contributed by atoms with E-state index in [1.165, 1.54) is 38.9 Å². The lowest BCUT2D eigenvalue weighted by Crippen LogP contribution is -2.33. The third kappa shape index (κ3) is 4.29. The summed E-state index contributed by atoms with van der Waals surface area (Å²) in [6, 6.07) is 3.88. The third-order valence-electron chi connectivity index (χ3n) is 4.99. The average Bonchev–Trinajstić information content (AvgIpc) is 2.92. The van der Waals surface area contributed by atoms with Crippen LogP contribution in [0.5, 0.6) is 0 Å². The maximum atomic E-state index is 12.5. The van der Waals surface area contributed by atoms with Gasteiger partial charge in [-0.25, -0.2) is 0 Å². The van der Waals surface area contributed by atoms with Crippen LogP contribution in [0, 0.1) is 5.92 Å². The first-order chi connectivity index (χ1) is 10.8. The summed E-state index contributed by atoms with van der Waals surface area (Å²) in [6.07, 6.45) is 10.4. The normalized spacial score (nSPS) is 23.5.